The molecule has 0 unspecified atom stereocenters. The van der Waals surface area contributed by atoms with Gasteiger partial charge in [-0.1, -0.05) is 0 Å². The van der Waals surface area contributed by atoms with Gasteiger partial charge in [-0.2, -0.15) is 4.39 Å². The van der Waals surface area contributed by atoms with Gasteiger partial charge in [-0.25, -0.2) is 0 Å². The van der Waals surface area contributed by atoms with Crippen LogP contribution in [0.4, 0.5) is 23.4 Å². The van der Waals surface area contributed by atoms with Crippen molar-refractivity contribution in [2.45, 2.75) is 6.36 Å². The van der Waals surface area contributed by atoms with E-state index < -0.39 is 39.6 Å². The first-order valence-electron chi connectivity index (χ1n) is 3.92. The molecule has 1 rings (SSSR count). The Morgan fingerprint density at radius 1 is 1.50 bits per heavy atom. The molecule has 0 amide bonds. The maximum atomic E-state index is 13.3. The van der Waals surface area contributed by atoms with Gasteiger partial charge in [0.1, 0.15) is 0 Å². The summed E-state index contributed by atoms with van der Waals surface area (Å²) in [6, 6.07) is 0.0894. The lowest BCUT2D eigenvalue weighted by Gasteiger charge is -2.09. The van der Waals surface area contributed by atoms with Crippen LogP contribution in [0.2, 0.25) is 0 Å². The topological polar surface area (TPSA) is 82.3 Å². The Morgan fingerprint density at radius 3 is 2.44 bits per heavy atom. The second-order valence-corrected chi connectivity index (χ2v) is 3.06. The fraction of sp³-hybridized carbons (Fsp3) is 0.143. The van der Waals surface area contributed by atoms with Crippen molar-refractivity contribution < 1.29 is 32.0 Å². The molecule has 1 aromatic heterocycles. The standard InChI is InChI=1S/C7HClF4N2O4/c8-6(15)5-4(9)2(18-7(10,11)12)1-3(13-5)14(16)17/h1H. The number of nitro groups is 1. The Bertz CT molecular complexity index is 519. The zero-order valence-electron chi connectivity index (χ0n) is 7.99. The molecule has 0 aromatic carbocycles. The van der Waals surface area contributed by atoms with Crippen molar-refractivity contribution in [3.05, 3.63) is 27.7 Å². The van der Waals surface area contributed by atoms with Crippen LogP contribution >= 0.6 is 11.6 Å². The minimum Gasteiger partial charge on any atom is -0.402 e. The number of carbonyl (C=O) groups is 1. The molecule has 1 heterocycles. The Balaban J connectivity index is 3.40. The number of carbonyl (C=O) groups excluding carboxylic acids is 1. The lowest BCUT2D eigenvalue weighted by molar-refractivity contribution is -0.389. The number of nitrogens with zero attached hydrogens (tertiary/aromatic N) is 2. The van der Waals surface area contributed by atoms with Crippen molar-refractivity contribution in [3.63, 3.8) is 0 Å². The molecule has 0 saturated heterocycles. The van der Waals surface area contributed by atoms with Crippen LogP contribution in [-0.4, -0.2) is 21.5 Å². The SMILES string of the molecule is O=C(Cl)c1nc([N+](=O)[O-])cc(OC(F)(F)F)c1F. The van der Waals surface area contributed by atoms with Gasteiger partial charge < -0.3 is 14.9 Å². The molecule has 18 heavy (non-hydrogen) atoms. The lowest BCUT2D eigenvalue weighted by atomic mass is 10.3. The minimum atomic E-state index is -5.29. The molecule has 0 saturated carbocycles. The van der Waals surface area contributed by atoms with Crippen LogP contribution < -0.4 is 4.74 Å². The highest BCUT2D eigenvalue weighted by atomic mass is 35.5. The monoisotopic (exact) mass is 288 g/mol. The van der Waals surface area contributed by atoms with Crippen LogP contribution in [0.15, 0.2) is 6.07 Å². The van der Waals surface area contributed by atoms with Gasteiger partial charge in [-0.05, 0) is 21.5 Å². The first-order chi connectivity index (χ1) is 8.11. The largest absolute Gasteiger partial charge is 0.573 e. The van der Waals surface area contributed by atoms with Gasteiger partial charge in [-0.3, -0.25) is 4.79 Å². The highest BCUT2D eigenvalue weighted by Crippen LogP contribution is 2.30. The number of rotatable bonds is 3. The molecule has 0 aliphatic rings. The van der Waals surface area contributed by atoms with Crippen molar-refractivity contribution in [3.8, 4) is 5.75 Å². The van der Waals surface area contributed by atoms with E-state index in [-0.39, 0.29) is 6.07 Å². The molecule has 0 bridgehead atoms. The average Bonchev–Trinajstić information content (AvgIpc) is 2.18. The van der Waals surface area contributed by atoms with Crippen LogP contribution in [0.25, 0.3) is 0 Å². The van der Waals surface area contributed by atoms with Gasteiger partial charge in [0.25, 0.3) is 10.9 Å². The van der Waals surface area contributed by atoms with Crippen molar-refractivity contribution in [1.29, 1.82) is 0 Å². The molecule has 0 spiro atoms. The maximum Gasteiger partial charge on any atom is 0.573 e. The van der Waals surface area contributed by atoms with E-state index in [0.29, 0.717) is 0 Å². The average molecular weight is 289 g/mol. The van der Waals surface area contributed by atoms with E-state index in [1.165, 1.54) is 0 Å². The predicted octanol–water partition coefficient (Wildman–Crippen LogP) is 2.41. The number of ether oxygens (including phenoxy) is 1. The summed E-state index contributed by atoms with van der Waals surface area (Å²) in [5, 5.41) is 8.74. The summed E-state index contributed by atoms with van der Waals surface area (Å²) in [5.74, 6) is -4.61. The number of hydrogen-bond donors (Lipinski definition) is 0. The van der Waals surface area contributed by atoms with E-state index in [1.807, 2.05) is 0 Å². The molecule has 0 aliphatic heterocycles. The van der Waals surface area contributed by atoms with Crippen LogP contribution in [-0.2, 0) is 0 Å². The molecular weight excluding hydrogens is 288 g/mol. The molecule has 0 aliphatic carbocycles. The molecule has 0 fully saturated rings. The van der Waals surface area contributed by atoms with Gasteiger partial charge in [0.05, 0.1) is 6.07 Å². The first kappa shape index (κ1) is 14.1. The smallest absolute Gasteiger partial charge is 0.402 e. The fourth-order valence-electron chi connectivity index (χ4n) is 0.916. The van der Waals surface area contributed by atoms with Gasteiger partial charge >= 0.3 is 12.2 Å². The molecule has 98 valence electrons. The second-order valence-electron chi connectivity index (χ2n) is 2.72. The molecule has 6 nitrogen and oxygen atoms in total. The summed E-state index contributed by atoms with van der Waals surface area (Å²) in [6.07, 6.45) is -5.29. The van der Waals surface area contributed by atoms with Crippen molar-refractivity contribution in [2.24, 2.45) is 0 Å². The third kappa shape index (κ3) is 3.26. The summed E-state index contributed by atoms with van der Waals surface area (Å²) in [4.78, 5) is 22.6. The van der Waals surface area contributed by atoms with Gasteiger partial charge in [0, 0.05) is 0 Å². The Hall–Kier alpha value is -1.97. The van der Waals surface area contributed by atoms with Crippen molar-refractivity contribution >= 4 is 22.7 Å². The fourth-order valence-corrected chi connectivity index (χ4v) is 1.04. The first-order valence-corrected chi connectivity index (χ1v) is 4.30. The predicted molar refractivity (Wildman–Crippen MR) is 47.7 cm³/mol. The van der Waals surface area contributed by atoms with Gasteiger partial charge in [0.15, 0.2) is 5.75 Å². The van der Waals surface area contributed by atoms with Crippen molar-refractivity contribution in [1.82, 2.24) is 4.98 Å². The summed E-state index contributed by atoms with van der Waals surface area (Å²) in [7, 11) is 0. The third-order valence-corrected chi connectivity index (χ3v) is 1.69. The number of halogens is 5. The Morgan fingerprint density at radius 2 is 2.06 bits per heavy atom. The highest BCUT2D eigenvalue weighted by molar-refractivity contribution is 6.67. The van der Waals surface area contributed by atoms with Crippen LogP contribution in [0.1, 0.15) is 10.5 Å². The number of aromatic nitrogens is 1. The number of alkyl halides is 3. The van der Waals surface area contributed by atoms with E-state index in [9.17, 15) is 32.5 Å². The molecule has 0 atom stereocenters. The normalized spacial score (nSPS) is 11.2. The van der Waals surface area contributed by atoms with E-state index in [0.717, 1.165) is 0 Å². The molecule has 0 radical (unpaired) electrons. The summed E-state index contributed by atoms with van der Waals surface area (Å²) in [6.45, 7) is 0. The molecule has 11 heteroatoms. The Labute approximate surface area is 100 Å². The second kappa shape index (κ2) is 4.72. The molecular formula is C7HClF4N2O4. The van der Waals surface area contributed by atoms with Gasteiger partial charge in [-0.15, -0.1) is 13.2 Å². The minimum absolute atomic E-state index is 0.0894. The van der Waals surface area contributed by atoms with E-state index in [4.69, 9.17) is 11.6 Å². The molecule has 1 aromatic rings. The quantitative estimate of drug-likeness (QED) is 0.369. The van der Waals surface area contributed by atoms with Crippen LogP contribution in [0.5, 0.6) is 5.75 Å². The number of pyridine rings is 1. The van der Waals surface area contributed by atoms with E-state index >= 15 is 0 Å². The van der Waals surface area contributed by atoms with E-state index in [2.05, 4.69) is 9.72 Å². The summed E-state index contributed by atoms with van der Waals surface area (Å²) < 4.78 is 52.1. The summed E-state index contributed by atoms with van der Waals surface area (Å²) in [5.41, 5.74) is -1.33. The zero-order valence-corrected chi connectivity index (χ0v) is 8.75. The maximum absolute atomic E-state index is 13.3. The lowest BCUT2D eigenvalue weighted by Crippen LogP contribution is -2.19. The number of hydrogen-bond acceptors (Lipinski definition) is 5. The summed E-state index contributed by atoms with van der Waals surface area (Å²) >= 11 is 4.83. The Kier molecular flexibility index (Phi) is 3.70. The van der Waals surface area contributed by atoms with Crippen LogP contribution in [0.3, 0.4) is 0 Å². The molecule has 0 N–H and O–H groups in total. The zero-order chi connectivity index (χ0) is 14.1. The van der Waals surface area contributed by atoms with Crippen LogP contribution in [0, 0.1) is 15.9 Å². The van der Waals surface area contributed by atoms with Gasteiger partial charge in [0.2, 0.25) is 5.82 Å². The van der Waals surface area contributed by atoms with E-state index in [1.54, 1.807) is 0 Å². The third-order valence-electron chi connectivity index (χ3n) is 1.51. The highest BCUT2D eigenvalue weighted by Gasteiger charge is 2.36. The van der Waals surface area contributed by atoms with Crippen molar-refractivity contribution in [2.75, 3.05) is 0 Å².